The van der Waals surface area contributed by atoms with Crippen molar-refractivity contribution >= 4 is 30.1 Å². The molecule has 2 atom stereocenters. The smallest absolute Gasteiger partial charge is 0.238 e. The highest BCUT2D eigenvalue weighted by Gasteiger charge is 2.23. The van der Waals surface area contributed by atoms with Gasteiger partial charge in [-0.1, -0.05) is 12.1 Å². The van der Waals surface area contributed by atoms with E-state index in [2.05, 4.69) is 10.6 Å². The molecule has 1 aromatic carbocycles. The molecule has 1 aromatic rings. The number of benzene rings is 1. The Morgan fingerprint density at radius 3 is 3.05 bits per heavy atom. The molecule has 0 aliphatic carbocycles. The molecular formula is C14H21ClN2O2S. The predicted octanol–water partition coefficient (Wildman–Crippen LogP) is 2.35. The normalized spacial score (nSPS) is 19.0. The zero-order valence-electron chi connectivity index (χ0n) is 11.7. The van der Waals surface area contributed by atoms with E-state index >= 15 is 0 Å². The van der Waals surface area contributed by atoms with Crippen LogP contribution in [-0.4, -0.2) is 30.2 Å². The van der Waals surface area contributed by atoms with Gasteiger partial charge in [-0.3, -0.25) is 10.1 Å². The van der Waals surface area contributed by atoms with E-state index < -0.39 is 0 Å². The highest BCUT2D eigenvalue weighted by Crippen LogP contribution is 2.19. The van der Waals surface area contributed by atoms with Crippen LogP contribution in [0.15, 0.2) is 24.3 Å². The van der Waals surface area contributed by atoms with Gasteiger partial charge >= 0.3 is 0 Å². The van der Waals surface area contributed by atoms with E-state index in [1.807, 2.05) is 38.1 Å². The Morgan fingerprint density at radius 1 is 1.60 bits per heavy atom. The van der Waals surface area contributed by atoms with Crippen molar-refractivity contribution in [2.45, 2.75) is 25.9 Å². The first-order chi connectivity index (χ1) is 9.20. The van der Waals surface area contributed by atoms with Crippen molar-refractivity contribution in [2.24, 2.45) is 0 Å². The van der Waals surface area contributed by atoms with Crippen LogP contribution in [0, 0.1) is 0 Å². The van der Waals surface area contributed by atoms with Crippen molar-refractivity contribution in [3.05, 3.63) is 29.8 Å². The summed E-state index contributed by atoms with van der Waals surface area (Å²) in [4.78, 5) is 12.0. The van der Waals surface area contributed by atoms with Crippen molar-refractivity contribution in [3.8, 4) is 5.75 Å². The van der Waals surface area contributed by atoms with E-state index in [-0.39, 0.29) is 30.4 Å². The molecular weight excluding hydrogens is 296 g/mol. The van der Waals surface area contributed by atoms with Gasteiger partial charge in [0.1, 0.15) is 5.75 Å². The number of halogens is 1. The third-order valence-electron chi connectivity index (χ3n) is 3.06. The SMILES string of the molecule is CCOc1cccc(C(C)NC(=O)C2CSCN2)c1.Cl. The Hall–Kier alpha value is -0.910. The molecule has 1 amide bonds. The highest BCUT2D eigenvalue weighted by atomic mass is 35.5. The monoisotopic (exact) mass is 316 g/mol. The number of hydrogen-bond donors (Lipinski definition) is 2. The summed E-state index contributed by atoms with van der Waals surface area (Å²) in [5.41, 5.74) is 1.06. The van der Waals surface area contributed by atoms with Gasteiger partial charge in [-0.25, -0.2) is 0 Å². The van der Waals surface area contributed by atoms with Gasteiger partial charge in [-0.05, 0) is 31.5 Å². The summed E-state index contributed by atoms with van der Waals surface area (Å²) in [6.07, 6.45) is 0. The highest BCUT2D eigenvalue weighted by molar-refractivity contribution is 7.99. The van der Waals surface area contributed by atoms with Crippen LogP contribution in [0.1, 0.15) is 25.5 Å². The summed E-state index contributed by atoms with van der Waals surface area (Å²) in [7, 11) is 0. The molecule has 1 aliphatic heterocycles. The third-order valence-corrected chi connectivity index (χ3v) is 4.00. The molecule has 0 radical (unpaired) electrons. The number of carbonyl (C=O) groups is 1. The average molecular weight is 317 g/mol. The Labute approximate surface area is 130 Å². The number of nitrogens with one attached hydrogen (secondary N) is 2. The van der Waals surface area contributed by atoms with Gasteiger partial charge < -0.3 is 10.1 Å². The van der Waals surface area contributed by atoms with E-state index in [1.165, 1.54) is 0 Å². The first-order valence-electron chi connectivity index (χ1n) is 6.55. The first kappa shape index (κ1) is 17.1. The van der Waals surface area contributed by atoms with Crippen LogP contribution >= 0.6 is 24.2 Å². The fourth-order valence-corrected chi connectivity index (χ4v) is 2.94. The summed E-state index contributed by atoms with van der Waals surface area (Å²) >= 11 is 1.75. The molecule has 6 heteroatoms. The minimum absolute atomic E-state index is 0. The lowest BCUT2D eigenvalue weighted by Gasteiger charge is -2.18. The standard InChI is InChI=1S/C14H20N2O2S.ClH/c1-3-18-12-6-4-5-11(7-12)10(2)16-14(17)13-8-19-9-15-13;/h4-7,10,13,15H,3,8-9H2,1-2H3,(H,16,17);1H. The van der Waals surface area contributed by atoms with Gasteiger partial charge in [0.25, 0.3) is 0 Å². The van der Waals surface area contributed by atoms with Crippen LogP contribution in [0.25, 0.3) is 0 Å². The fraction of sp³-hybridized carbons (Fsp3) is 0.500. The van der Waals surface area contributed by atoms with Crippen molar-refractivity contribution < 1.29 is 9.53 Å². The molecule has 0 aromatic heterocycles. The molecule has 0 saturated carbocycles. The van der Waals surface area contributed by atoms with Crippen molar-refractivity contribution in [3.63, 3.8) is 0 Å². The molecule has 4 nitrogen and oxygen atoms in total. The molecule has 0 bridgehead atoms. The van der Waals surface area contributed by atoms with Gasteiger partial charge in [-0.15, -0.1) is 24.2 Å². The summed E-state index contributed by atoms with van der Waals surface area (Å²) < 4.78 is 5.47. The largest absolute Gasteiger partial charge is 0.494 e. The topological polar surface area (TPSA) is 50.4 Å². The first-order valence-corrected chi connectivity index (χ1v) is 7.70. The maximum atomic E-state index is 12.0. The summed E-state index contributed by atoms with van der Waals surface area (Å²) in [6, 6.07) is 7.78. The van der Waals surface area contributed by atoms with E-state index in [9.17, 15) is 4.79 Å². The van der Waals surface area contributed by atoms with Crippen LogP contribution in [0.4, 0.5) is 0 Å². The molecule has 2 N–H and O–H groups in total. The zero-order valence-corrected chi connectivity index (χ0v) is 13.4. The lowest BCUT2D eigenvalue weighted by Crippen LogP contribution is -2.42. The van der Waals surface area contributed by atoms with Crippen molar-refractivity contribution in [1.82, 2.24) is 10.6 Å². The Kier molecular flexibility index (Phi) is 7.19. The van der Waals surface area contributed by atoms with Crippen LogP contribution in [0.5, 0.6) is 5.75 Å². The second-order valence-corrected chi connectivity index (χ2v) is 5.54. The molecule has 2 unspecified atom stereocenters. The third kappa shape index (κ3) is 4.58. The lowest BCUT2D eigenvalue weighted by atomic mass is 10.1. The molecule has 0 spiro atoms. The number of thioether (sulfide) groups is 1. The number of hydrogen-bond acceptors (Lipinski definition) is 4. The number of ether oxygens (including phenoxy) is 1. The van der Waals surface area contributed by atoms with Crippen molar-refractivity contribution in [2.75, 3.05) is 18.2 Å². The predicted molar refractivity (Wildman–Crippen MR) is 85.7 cm³/mol. The van der Waals surface area contributed by atoms with E-state index in [0.29, 0.717) is 6.61 Å². The number of amides is 1. The van der Waals surface area contributed by atoms with Gasteiger partial charge in [-0.2, -0.15) is 0 Å². The average Bonchev–Trinajstić information content (AvgIpc) is 2.93. The molecule has 20 heavy (non-hydrogen) atoms. The maximum absolute atomic E-state index is 12.0. The fourth-order valence-electron chi connectivity index (χ4n) is 2.00. The molecule has 2 rings (SSSR count). The van der Waals surface area contributed by atoms with Gasteiger partial charge in [0.05, 0.1) is 18.7 Å². The second kappa shape index (κ2) is 8.39. The van der Waals surface area contributed by atoms with Crippen LogP contribution in [0.2, 0.25) is 0 Å². The lowest BCUT2D eigenvalue weighted by molar-refractivity contribution is -0.123. The van der Waals surface area contributed by atoms with Crippen molar-refractivity contribution in [1.29, 1.82) is 0 Å². The number of rotatable bonds is 5. The van der Waals surface area contributed by atoms with Gasteiger partial charge in [0.2, 0.25) is 5.91 Å². The maximum Gasteiger partial charge on any atom is 0.238 e. The molecule has 1 fully saturated rings. The zero-order chi connectivity index (χ0) is 13.7. The second-order valence-electron chi connectivity index (χ2n) is 4.51. The molecule has 112 valence electrons. The minimum Gasteiger partial charge on any atom is -0.494 e. The Balaban J connectivity index is 0.00000200. The van der Waals surface area contributed by atoms with E-state index in [0.717, 1.165) is 22.9 Å². The van der Waals surface area contributed by atoms with Crippen LogP contribution in [0.3, 0.4) is 0 Å². The van der Waals surface area contributed by atoms with Crippen LogP contribution < -0.4 is 15.4 Å². The summed E-state index contributed by atoms with van der Waals surface area (Å²) in [6.45, 7) is 4.60. The molecule has 1 aliphatic rings. The summed E-state index contributed by atoms with van der Waals surface area (Å²) in [5, 5.41) is 6.21. The molecule has 1 heterocycles. The Morgan fingerprint density at radius 2 is 2.40 bits per heavy atom. The van der Waals surface area contributed by atoms with Crippen LogP contribution in [-0.2, 0) is 4.79 Å². The van der Waals surface area contributed by atoms with E-state index in [4.69, 9.17) is 4.74 Å². The minimum atomic E-state index is -0.0671. The summed E-state index contributed by atoms with van der Waals surface area (Å²) in [5.74, 6) is 2.61. The Bertz CT molecular complexity index is 439. The quantitative estimate of drug-likeness (QED) is 0.875. The van der Waals surface area contributed by atoms with E-state index in [1.54, 1.807) is 11.8 Å². The van der Waals surface area contributed by atoms with Gasteiger partial charge in [0, 0.05) is 11.6 Å². The van der Waals surface area contributed by atoms with Gasteiger partial charge in [0.15, 0.2) is 0 Å². The molecule has 1 saturated heterocycles. The number of carbonyl (C=O) groups excluding carboxylic acids is 1.